The van der Waals surface area contributed by atoms with Gasteiger partial charge in [0.15, 0.2) is 0 Å². The predicted octanol–water partition coefficient (Wildman–Crippen LogP) is 1.34. The monoisotopic (exact) mass is 145 g/mol. The molecule has 0 aliphatic carbocycles. The zero-order chi connectivity index (χ0) is 6.85. The van der Waals surface area contributed by atoms with Gasteiger partial charge in [0, 0.05) is 6.04 Å². The molecule has 0 saturated carbocycles. The maximum atomic E-state index is 2.88. The first-order valence-corrected chi connectivity index (χ1v) is 4.34. The van der Waals surface area contributed by atoms with Crippen LogP contribution in [0.4, 0.5) is 0 Å². The van der Waals surface area contributed by atoms with E-state index in [1.165, 1.54) is 19.4 Å². The van der Waals surface area contributed by atoms with Crippen LogP contribution in [-0.2, 0) is 0 Å². The van der Waals surface area contributed by atoms with Gasteiger partial charge in [-0.1, -0.05) is 6.92 Å². The fourth-order valence-corrected chi connectivity index (χ4v) is 2.09. The summed E-state index contributed by atoms with van der Waals surface area (Å²) >= 11 is 0. The Kier molecular flexibility index (Phi) is 2.49. The van der Waals surface area contributed by atoms with Crippen molar-refractivity contribution < 1.29 is 0 Å². The third-order valence-corrected chi connectivity index (χ3v) is 2.63. The van der Waals surface area contributed by atoms with Crippen LogP contribution in [0.2, 0.25) is 0 Å². The molecule has 1 fully saturated rings. The third kappa shape index (κ3) is 1.65. The maximum Gasteiger partial charge on any atom is 0.0153 e. The Morgan fingerprint density at radius 1 is 1.67 bits per heavy atom. The van der Waals surface area contributed by atoms with E-state index >= 15 is 0 Å². The van der Waals surface area contributed by atoms with E-state index in [4.69, 9.17) is 0 Å². The van der Waals surface area contributed by atoms with E-state index in [9.17, 15) is 0 Å². The molecule has 0 spiro atoms. The molecule has 0 radical (unpaired) electrons. The van der Waals surface area contributed by atoms with Gasteiger partial charge in [0.25, 0.3) is 0 Å². The summed E-state index contributed by atoms with van der Waals surface area (Å²) in [6, 6.07) is 0.829. The molecule has 1 saturated heterocycles. The minimum Gasteiger partial charge on any atom is -0.303 e. The van der Waals surface area contributed by atoms with Crippen LogP contribution in [0.3, 0.4) is 0 Å². The summed E-state index contributed by atoms with van der Waals surface area (Å²) in [7, 11) is 5.10. The fraction of sp³-hybridized carbons (Fsp3) is 1.00. The summed E-state index contributed by atoms with van der Waals surface area (Å²) in [6.07, 6.45) is 2.78. The molecule has 1 nitrogen and oxygen atoms in total. The molecular weight excluding hydrogens is 129 g/mol. The Bertz CT molecular complexity index is 92.9. The second-order valence-corrected chi connectivity index (χ2v) is 4.10. The van der Waals surface area contributed by atoms with Crippen molar-refractivity contribution in [3.63, 3.8) is 0 Å². The van der Waals surface area contributed by atoms with Crippen LogP contribution in [0.1, 0.15) is 19.8 Å². The Labute approximate surface area is 60.0 Å². The molecule has 0 aromatic rings. The number of rotatable bonds is 1. The van der Waals surface area contributed by atoms with Gasteiger partial charge in [-0.25, -0.2) is 0 Å². The van der Waals surface area contributed by atoms with Crippen molar-refractivity contribution in [3.05, 3.63) is 0 Å². The lowest BCUT2D eigenvalue weighted by Crippen LogP contribution is -2.31. The van der Waals surface area contributed by atoms with Gasteiger partial charge in [-0.3, -0.25) is 0 Å². The summed E-state index contributed by atoms with van der Waals surface area (Å²) < 4.78 is 0. The maximum absolute atomic E-state index is 2.88. The molecule has 1 aliphatic heterocycles. The molecule has 0 aromatic heterocycles. The van der Waals surface area contributed by atoms with Crippen LogP contribution in [-0.4, -0.2) is 30.2 Å². The van der Waals surface area contributed by atoms with Crippen LogP contribution < -0.4 is 0 Å². The van der Waals surface area contributed by atoms with Gasteiger partial charge in [-0.05, 0) is 32.1 Å². The van der Waals surface area contributed by atoms with Gasteiger partial charge < -0.3 is 4.90 Å². The second-order valence-electron chi connectivity index (χ2n) is 3.05. The van der Waals surface area contributed by atoms with Crippen LogP contribution in [0.25, 0.3) is 0 Å². The molecule has 54 valence electrons. The lowest BCUT2D eigenvalue weighted by Gasteiger charge is -2.22. The minimum atomic E-state index is 0.762. The molecule has 2 heteroatoms. The number of likely N-dealkylation sites (tertiary alicyclic amines) is 1. The highest BCUT2D eigenvalue weighted by molar-refractivity contribution is 7.17. The van der Waals surface area contributed by atoms with Crippen molar-refractivity contribution >= 4 is 9.24 Å². The Balaban J connectivity index is 2.40. The van der Waals surface area contributed by atoms with Crippen molar-refractivity contribution in [1.82, 2.24) is 4.90 Å². The lowest BCUT2D eigenvalue weighted by atomic mass is 10.2. The predicted molar refractivity (Wildman–Crippen MR) is 44.8 cm³/mol. The van der Waals surface area contributed by atoms with Gasteiger partial charge in [0.05, 0.1) is 0 Å². The zero-order valence-electron chi connectivity index (χ0n) is 6.30. The summed E-state index contributed by atoms with van der Waals surface area (Å²) in [6.45, 7) is 3.57. The molecule has 2 unspecified atom stereocenters. The van der Waals surface area contributed by atoms with Crippen LogP contribution >= 0.6 is 9.24 Å². The minimum absolute atomic E-state index is 0.762. The number of hydrogen-bond acceptors (Lipinski definition) is 1. The van der Waals surface area contributed by atoms with E-state index in [1.54, 1.807) is 0 Å². The molecule has 1 heterocycles. The number of nitrogens with zero attached hydrogens (tertiary/aromatic N) is 1. The van der Waals surface area contributed by atoms with Gasteiger partial charge in [-0.2, -0.15) is 0 Å². The van der Waals surface area contributed by atoms with E-state index in [2.05, 4.69) is 28.1 Å². The van der Waals surface area contributed by atoms with Crippen molar-refractivity contribution in [2.24, 2.45) is 0 Å². The normalized spacial score (nSPS) is 33.0. The van der Waals surface area contributed by atoms with Gasteiger partial charge in [-0.15, -0.1) is 9.24 Å². The van der Waals surface area contributed by atoms with E-state index in [0.29, 0.717) is 0 Å². The topological polar surface area (TPSA) is 3.24 Å². The SMILES string of the molecule is CC(P)[C@H]1CCCN1C. The number of hydrogen-bond donors (Lipinski definition) is 0. The van der Waals surface area contributed by atoms with Crippen molar-refractivity contribution in [3.8, 4) is 0 Å². The average Bonchev–Trinajstić information content (AvgIpc) is 2.13. The molecular formula is C7H16NP. The smallest absolute Gasteiger partial charge is 0.0153 e. The molecule has 0 bridgehead atoms. The van der Waals surface area contributed by atoms with E-state index < -0.39 is 0 Å². The van der Waals surface area contributed by atoms with Crippen LogP contribution in [0.15, 0.2) is 0 Å². The molecule has 0 N–H and O–H groups in total. The Morgan fingerprint density at radius 3 is 2.56 bits per heavy atom. The highest BCUT2D eigenvalue weighted by Gasteiger charge is 2.23. The zero-order valence-corrected chi connectivity index (χ0v) is 7.46. The summed E-state index contributed by atoms with van der Waals surface area (Å²) in [5.74, 6) is 0. The highest BCUT2D eigenvalue weighted by Crippen LogP contribution is 2.21. The molecule has 1 aliphatic rings. The summed E-state index contributed by atoms with van der Waals surface area (Å²) in [5, 5.41) is 0. The molecule has 3 atom stereocenters. The lowest BCUT2D eigenvalue weighted by molar-refractivity contribution is 0.309. The molecule has 1 rings (SSSR count). The van der Waals surface area contributed by atoms with Gasteiger partial charge >= 0.3 is 0 Å². The molecule has 0 amide bonds. The first-order chi connectivity index (χ1) is 4.22. The quantitative estimate of drug-likeness (QED) is 0.503. The van der Waals surface area contributed by atoms with Gasteiger partial charge in [0.2, 0.25) is 0 Å². The average molecular weight is 145 g/mol. The second kappa shape index (κ2) is 2.98. The molecule has 0 aromatic carbocycles. The fourth-order valence-electron chi connectivity index (χ4n) is 1.60. The van der Waals surface area contributed by atoms with E-state index in [-0.39, 0.29) is 0 Å². The first kappa shape index (κ1) is 7.50. The first-order valence-electron chi connectivity index (χ1n) is 3.67. The van der Waals surface area contributed by atoms with Crippen molar-refractivity contribution in [1.29, 1.82) is 0 Å². The van der Waals surface area contributed by atoms with Crippen molar-refractivity contribution in [2.75, 3.05) is 13.6 Å². The summed E-state index contributed by atoms with van der Waals surface area (Å²) in [4.78, 5) is 2.46. The van der Waals surface area contributed by atoms with E-state index in [0.717, 1.165) is 11.7 Å². The van der Waals surface area contributed by atoms with E-state index in [1.807, 2.05) is 0 Å². The standard InChI is InChI=1S/C7H16NP/c1-6(9)7-4-3-5-8(7)2/h6-7H,3-5,9H2,1-2H3/t6?,7-/m1/s1. The van der Waals surface area contributed by atoms with Gasteiger partial charge in [0.1, 0.15) is 0 Å². The van der Waals surface area contributed by atoms with Crippen molar-refractivity contribution in [2.45, 2.75) is 31.5 Å². The largest absolute Gasteiger partial charge is 0.303 e. The Hall–Kier alpha value is 0.390. The molecule has 9 heavy (non-hydrogen) atoms. The highest BCUT2D eigenvalue weighted by atomic mass is 31.0. The Morgan fingerprint density at radius 2 is 2.33 bits per heavy atom. The van der Waals surface area contributed by atoms with Crippen LogP contribution in [0, 0.1) is 0 Å². The third-order valence-electron chi connectivity index (χ3n) is 2.18. The summed E-state index contributed by atoms with van der Waals surface area (Å²) in [5.41, 5.74) is 0.762. The van der Waals surface area contributed by atoms with Crippen LogP contribution in [0.5, 0.6) is 0 Å².